The van der Waals surface area contributed by atoms with E-state index in [-0.39, 0.29) is 5.91 Å². The second-order valence-electron chi connectivity index (χ2n) is 6.23. The van der Waals surface area contributed by atoms with E-state index in [4.69, 9.17) is 0 Å². The lowest BCUT2D eigenvalue weighted by Crippen LogP contribution is -2.49. The zero-order chi connectivity index (χ0) is 17.8. The summed E-state index contributed by atoms with van der Waals surface area (Å²) in [6, 6.07) is 11.5. The lowest BCUT2D eigenvalue weighted by Gasteiger charge is -2.34. The molecule has 7 heteroatoms. The highest BCUT2D eigenvalue weighted by Gasteiger charge is 2.23. The number of piperazine rings is 1. The summed E-state index contributed by atoms with van der Waals surface area (Å²) in [6.45, 7) is 3.54. The molecule has 7 nitrogen and oxygen atoms in total. The number of amides is 1. The topological polar surface area (TPSA) is 67.2 Å². The van der Waals surface area contributed by atoms with Crippen molar-refractivity contribution in [2.24, 2.45) is 0 Å². The fourth-order valence-corrected chi connectivity index (χ4v) is 3.08. The van der Waals surface area contributed by atoms with Gasteiger partial charge >= 0.3 is 0 Å². The van der Waals surface area contributed by atoms with Crippen molar-refractivity contribution in [1.29, 1.82) is 0 Å². The molecule has 1 aromatic carbocycles. The molecule has 1 aliphatic heterocycles. The Balaban J connectivity index is 1.36. The molecule has 0 atom stereocenters. The monoisotopic (exact) mass is 348 g/mol. The zero-order valence-electron chi connectivity index (χ0n) is 14.4. The maximum Gasteiger partial charge on any atom is 0.253 e. The predicted octanol–water partition coefficient (Wildman–Crippen LogP) is 1.68. The van der Waals surface area contributed by atoms with Crippen LogP contribution in [0, 0.1) is 0 Å². The van der Waals surface area contributed by atoms with E-state index in [1.807, 2.05) is 46.1 Å². The van der Waals surface area contributed by atoms with E-state index in [1.165, 1.54) is 0 Å². The summed E-state index contributed by atoms with van der Waals surface area (Å²) < 4.78 is 1.86. The van der Waals surface area contributed by atoms with E-state index in [9.17, 15) is 4.79 Å². The molecule has 2 aromatic heterocycles. The molecule has 132 valence electrons. The lowest BCUT2D eigenvalue weighted by atomic mass is 10.1. The summed E-state index contributed by atoms with van der Waals surface area (Å²) in [6.07, 6.45) is 7.17. The van der Waals surface area contributed by atoms with Gasteiger partial charge in [0.25, 0.3) is 5.91 Å². The average Bonchev–Trinajstić information content (AvgIpc) is 3.22. The number of hydrogen-bond acceptors (Lipinski definition) is 5. The number of aromatic nitrogens is 4. The van der Waals surface area contributed by atoms with Gasteiger partial charge in [0.15, 0.2) is 0 Å². The highest BCUT2D eigenvalue weighted by molar-refractivity contribution is 5.94. The van der Waals surface area contributed by atoms with Gasteiger partial charge in [0.1, 0.15) is 0 Å². The second kappa shape index (κ2) is 7.35. The fraction of sp³-hybridized carbons (Fsp3) is 0.263. The van der Waals surface area contributed by atoms with Gasteiger partial charge in [-0.3, -0.25) is 9.48 Å². The number of carbonyl (C=O) groups is 1. The summed E-state index contributed by atoms with van der Waals surface area (Å²) >= 11 is 0. The first-order valence-corrected chi connectivity index (χ1v) is 8.67. The first-order valence-electron chi connectivity index (χ1n) is 8.67. The van der Waals surface area contributed by atoms with Crippen LogP contribution in [0.15, 0.2) is 61.2 Å². The van der Waals surface area contributed by atoms with Crippen LogP contribution in [0.25, 0.3) is 0 Å². The van der Waals surface area contributed by atoms with Crippen molar-refractivity contribution in [2.45, 2.75) is 6.54 Å². The molecule has 0 aliphatic carbocycles. The van der Waals surface area contributed by atoms with Gasteiger partial charge < -0.3 is 9.80 Å². The molecule has 0 bridgehead atoms. The summed E-state index contributed by atoms with van der Waals surface area (Å²) in [5.41, 5.74) is 1.84. The standard InChI is InChI=1S/C19H20N6O/c26-18(17-5-3-16(4-6-17)15-25-10-2-9-22-25)23-11-13-24(14-12-23)19-20-7-1-8-21-19/h1-10H,11-15H2. The maximum absolute atomic E-state index is 12.7. The van der Waals surface area contributed by atoms with Gasteiger partial charge in [0.05, 0.1) is 6.54 Å². The predicted molar refractivity (Wildman–Crippen MR) is 97.9 cm³/mol. The number of rotatable bonds is 4. The Hall–Kier alpha value is -3.22. The molecule has 1 amide bonds. The fourth-order valence-electron chi connectivity index (χ4n) is 3.08. The van der Waals surface area contributed by atoms with Crippen LogP contribution < -0.4 is 4.90 Å². The van der Waals surface area contributed by atoms with Crippen molar-refractivity contribution in [3.63, 3.8) is 0 Å². The minimum Gasteiger partial charge on any atom is -0.337 e. The van der Waals surface area contributed by atoms with E-state index < -0.39 is 0 Å². The molecule has 0 unspecified atom stereocenters. The Kier molecular flexibility index (Phi) is 4.59. The van der Waals surface area contributed by atoms with Crippen LogP contribution in [0.4, 0.5) is 5.95 Å². The van der Waals surface area contributed by atoms with Crippen molar-refractivity contribution in [2.75, 3.05) is 31.1 Å². The van der Waals surface area contributed by atoms with E-state index in [0.717, 1.165) is 30.2 Å². The summed E-state index contributed by atoms with van der Waals surface area (Å²) in [4.78, 5) is 25.3. The first-order chi connectivity index (χ1) is 12.8. The first kappa shape index (κ1) is 16.3. The van der Waals surface area contributed by atoms with Gasteiger partial charge in [0.2, 0.25) is 5.95 Å². The summed E-state index contributed by atoms with van der Waals surface area (Å²) in [7, 11) is 0. The van der Waals surface area contributed by atoms with Gasteiger partial charge in [-0.15, -0.1) is 0 Å². The van der Waals surface area contributed by atoms with Crippen molar-refractivity contribution in [3.8, 4) is 0 Å². The quantitative estimate of drug-likeness (QED) is 0.718. The number of carbonyl (C=O) groups excluding carboxylic acids is 1. The third-order valence-electron chi connectivity index (χ3n) is 4.51. The average molecular weight is 348 g/mol. The molecule has 3 aromatic rings. The van der Waals surface area contributed by atoms with Gasteiger partial charge in [-0.1, -0.05) is 12.1 Å². The van der Waals surface area contributed by atoms with Crippen LogP contribution in [0.3, 0.4) is 0 Å². The highest BCUT2D eigenvalue weighted by Crippen LogP contribution is 2.13. The SMILES string of the molecule is O=C(c1ccc(Cn2cccn2)cc1)N1CCN(c2ncccn2)CC1. The zero-order valence-corrected chi connectivity index (χ0v) is 14.4. The molecule has 0 radical (unpaired) electrons. The Morgan fingerprint density at radius 2 is 1.65 bits per heavy atom. The summed E-state index contributed by atoms with van der Waals surface area (Å²) in [5, 5.41) is 4.20. The molecule has 1 aliphatic rings. The van der Waals surface area contributed by atoms with Crippen molar-refractivity contribution < 1.29 is 4.79 Å². The lowest BCUT2D eigenvalue weighted by molar-refractivity contribution is 0.0746. The normalized spacial score (nSPS) is 14.5. The number of benzene rings is 1. The highest BCUT2D eigenvalue weighted by atomic mass is 16.2. The third kappa shape index (κ3) is 3.56. The molecular formula is C19H20N6O. The van der Waals surface area contributed by atoms with Crippen LogP contribution in [-0.2, 0) is 6.54 Å². The smallest absolute Gasteiger partial charge is 0.253 e. The molecule has 26 heavy (non-hydrogen) atoms. The molecule has 0 saturated carbocycles. The Labute approximate surface area is 151 Å². The summed E-state index contributed by atoms with van der Waals surface area (Å²) in [5.74, 6) is 0.798. The van der Waals surface area contributed by atoms with E-state index in [2.05, 4.69) is 20.0 Å². The van der Waals surface area contributed by atoms with Crippen LogP contribution in [0.2, 0.25) is 0 Å². The van der Waals surface area contributed by atoms with Gasteiger partial charge in [-0.05, 0) is 29.8 Å². The van der Waals surface area contributed by atoms with Crippen LogP contribution >= 0.6 is 0 Å². The van der Waals surface area contributed by atoms with Gasteiger partial charge in [-0.2, -0.15) is 5.10 Å². The molecule has 3 heterocycles. The maximum atomic E-state index is 12.7. The minimum atomic E-state index is 0.0734. The van der Waals surface area contributed by atoms with Crippen molar-refractivity contribution >= 4 is 11.9 Å². The number of hydrogen-bond donors (Lipinski definition) is 0. The Morgan fingerprint density at radius 1 is 0.923 bits per heavy atom. The Morgan fingerprint density at radius 3 is 2.31 bits per heavy atom. The molecule has 1 saturated heterocycles. The molecule has 4 rings (SSSR count). The molecule has 0 spiro atoms. The minimum absolute atomic E-state index is 0.0734. The Bertz CT molecular complexity index is 840. The van der Waals surface area contributed by atoms with Crippen molar-refractivity contribution in [1.82, 2.24) is 24.6 Å². The third-order valence-corrected chi connectivity index (χ3v) is 4.51. The molecular weight excluding hydrogens is 328 g/mol. The largest absolute Gasteiger partial charge is 0.337 e. The van der Waals surface area contributed by atoms with Crippen LogP contribution in [0.5, 0.6) is 0 Å². The molecule has 0 N–H and O–H groups in total. The van der Waals surface area contributed by atoms with Gasteiger partial charge in [0, 0.05) is 56.5 Å². The second-order valence-corrected chi connectivity index (χ2v) is 6.23. The van der Waals surface area contributed by atoms with Crippen molar-refractivity contribution in [3.05, 3.63) is 72.3 Å². The number of anilines is 1. The number of nitrogens with zero attached hydrogens (tertiary/aromatic N) is 6. The molecule has 1 fully saturated rings. The van der Waals surface area contributed by atoms with Crippen LogP contribution in [-0.4, -0.2) is 56.7 Å². The van der Waals surface area contributed by atoms with E-state index >= 15 is 0 Å². The van der Waals surface area contributed by atoms with E-state index in [1.54, 1.807) is 24.7 Å². The van der Waals surface area contributed by atoms with E-state index in [0.29, 0.717) is 19.6 Å². The van der Waals surface area contributed by atoms with Gasteiger partial charge in [-0.25, -0.2) is 9.97 Å². The van der Waals surface area contributed by atoms with Crippen LogP contribution in [0.1, 0.15) is 15.9 Å².